The summed E-state index contributed by atoms with van der Waals surface area (Å²) in [4.78, 5) is 14.6. The third kappa shape index (κ3) is 5.22. The van der Waals surface area contributed by atoms with Crippen LogP contribution in [-0.2, 0) is 11.3 Å². The van der Waals surface area contributed by atoms with Gasteiger partial charge in [-0.1, -0.05) is 46.3 Å². The molecule has 1 saturated heterocycles. The van der Waals surface area contributed by atoms with Gasteiger partial charge in [0.2, 0.25) is 5.91 Å². The minimum absolute atomic E-state index is 0.0473. The van der Waals surface area contributed by atoms with Gasteiger partial charge in [0.25, 0.3) is 0 Å². The highest BCUT2D eigenvalue weighted by molar-refractivity contribution is 9.10. The van der Waals surface area contributed by atoms with Gasteiger partial charge in [-0.2, -0.15) is 5.10 Å². The van der Waals surface area contributed by atoms with Crippen LogP contribution in [0.1, 0.15) is 24.0 Å². The number of nitrogens with zero attached hydrogens (tertiary/aromatic N) is 2. The van der Waals surface area contributed by atoms with Crippen molar-refractivity contribution < 1.29 is 9.18 Å². The van der Waals surface area contributed by atoms with Crippen molar-refractivity contribution in [2.24, 2.45) is 11.0 Å². The summed E-state index contributed by atoms with van der Waals surface area (Å²) >= 11 is 3.44. The number of rotatable bonds is 5. The lowest BCUT2D eigenvalue weighted by molar-refractivity contribution is -0.126. The Morgan fingerprint density at radius 2 is 1.88 bits per heavy atom. The molecule has 0 spiro atoms. The monoisotopic (exact) mass is 417 g/mol. The normalized spacial score (nSPS) is 16.1. The highest BCUT2D eigenvalue weighted by atomic mass is 79.9. The minimum atomic E-state index is -0.355. The van der Waals surface area contributed by atoms with Gasteiger partial charge in [-0.05, 0) is 49.7 Å². The van der Waals surface area contributed by atoms with Gasteiger partial charge in [-0.25, -0.2) is 9.82 Å². The second kappa shape index (κ2) is 9.05. The fourth-order valence-corrected chi connectivity index (χ4v) is 3.30. The molecular formula is C20H21BrFN3O. The van der Waals surface area contributed by atoms with Crippen molar-refractivity contribution >= 4 is 28.1 Å². The number of likely N-dealkylation sites (tertiary alicyclic amines) is 1. The average molecular weight is 418 g/mol. The van der Waals surface area contributed by atoms with Gasteiger partial charge in [-0.15, -0.1) is 0 Å². The van der Waals surface area contributed by atoms with Crippen molar-refractivity contribution in [2.75, 3.05) is 13.1 Å². The van der Waals surface area contributed by atoms with Crippen LogP contribution >= 0.6 is 15.9 Å². The molecule has 1 heterocycles. The predicted molar refractivity (Wildman–Crippen MR) is 104 cm³/mol. The van der Waals surface area contributed by atoms with Crippen LogP contribution in [0.15, 0.2) is 58.1 Å². The molecule has 0 atom stereocenters. The molecule has 0 saturated carbocycles. The zero-order valence-electron chi connectivity index (χ0n) is 14.4. The van der Waals surface area contributed by atoms with E-state index in [0.29, 0.717) is 5.56 Å². The summed E-state index contributed by atoms with van der Waals surface area (Å²) in [5, 5.41) is 3.89. The fraction of sp³-hybridized carbons (Fsp3) is 0.300. The maximum Gasteiger partial charge on any atom is 0.243 e. The van der Waals surface area contributed by atoms with E-state index in [1.165, 1.54) is 17.8 Å². The van der Waals surface area contributed by atoms with E-state index in [4.69, 9.17) is 0 Å². The van der Waals surface area contributed by atoms with E-state index in [1.54, 1.807) is 18.2 Å². The first-order chi connectivity index (χ1) is 12.6. The van der Waals surface area contributed by atoms with Crippen LogP contribution in [-0.4, -0.2) is 30.1 Å². The Bertz CT molecular complexity index is 771. The van der Waals surface area contributed by atoms with Gasteiger partial charge in [0.1, 0.15) is 5.82 Å². The van der Waals surface area contributed by atoms with E-state index < -0.39 is 0 Å². The number of hydrazone groups is 1. The molecule has 1 aliphatic heterocycles. The molecule has 3 rings (SSSR count). The van der Waals surface area contributed by atoms with Gasteiger partial charge in [-0.3, -0.25) is 9.69 Å². The van der Waals surface area contributed by atoms with Gasteiger partial charge >= 0.3 is 0 Å². The molecular weight excluding hydrogens is 397 g/mol. The Hall–Kier alpha value is -2.05. The van der Waals surface area contributed by atoms with Gasteiger partial charge in [0, 0.05) is 22.5 Å². The quantitative estimate of drug-likeness (QED) is 0.591. The lowest BCUT2D eigenvalue weighted by Crippen LogP contribution is -2.39. The van der Waals surface area contributed by atoms with E-state index in [1.807, 2.05) is 12.1 Å². The van der Waals surface area contributed by atoms with Crippen molar-refractivity contribution in [3.8, 4) is 0 Å². The van der Waals surface area contributed by atoms with Crippen molar-refractivity contribution in [2.45, 2.75) is 19.4 Å². The van der Waals surface area contributed by atoms with Crippen LogP contribution < -0.4 is 5.43 Å². The SMILES string of the molecule is O=C(N/N=C\c1ccccc1F)C1CCN(Cc2ccc(Br)cc2)CC1. The fourth-order valence-electron chi connectivity index (χ4n) is 3.04. The second-order valence-electron chi connectivity index (χ2n) is 6.43. The van der Waals surface area contributed by atoms with Crippen LogP contribution in [0, 0.1) is 11.7 Å². The molecule has 0 aliphatic carbocycles. The molecule has 6 heteroatoms. The smallest absolute Gasteiger partial charge is 0.243 e. The molecule has 0 bridgehead atoms. The van der Waals surface area contributed by atoms with Crippen LogP contribution in [0.3, 0.4) is 0 Å². The Labute approximate surface area is 161 Å². The minimum Gasteiger partial charge on any atom is -0.299 e. The maximum absolute atomic E-state index is 13.5. The summed E-state index contributed by atoms with van der Waals surface area (Å²) < 4.78 is 14.6. The summed E-state index contributed by atoms with van der Waals surface area (Å²) in [7, 11) is 0. The Morgan fingerprint density at radius 1 is 1.19 bits per heavy atom. The summed E-state index contributed by atoms with van der Waals surface area (Å²) in [6.45, 7) is 2.66. The molecule has 0 aromatic heterocycles. The highest BCUT2D eigenvalue weighted by Crippen LogP contribution is 2.20. The number of amides is 1. The van der Waals surface area contributed by atoms with Crippen molar-refractivity contribution in [1.82, 2.24) is 10.3 Å². The lowest BCUT2D eigenvalue weighted by Gasteiger charge is -2.30. The van der Waals surface area contributed by atoms with Crippen LogP contribution in [0.5, 0.6) is 0 Å². The average Bonchev–Trinajstić information content (AvgIpc) is 2.66. The molecule has 1 N–H and O–H groups in total. The second-order valence-corrected chi connectivity index (χ2v) is 7.35. The number of hydrogen-bond donors (Lipinski definition) is 1. The number of carbonyl (C=O) groups excluding carboxylic acids is 1. The molecule has 2 aromatic rings. The Morgan fingerprint density at radius 3 is 2.58 bits per heavy atom. The van der Waals surface area contributed by atoms with Gasteiger partial charge < -0.3 is 0 Å². The van der Waals surface area contributed by atoms with Crippen LogP contribution in [0.4, 0.5) is 4.39 Å². The van der Waals surface area contributed by atoms with E-state index in [0.717, 1.165) is 36.9 Å². The molecule has 26 heavy (non-hydrogen) atoms. The van der Waals surface area contributed by atoms with E-state index in [9.17, 15) is 9.18 Å². The van der Waals surface area contributed by atoms with E-state index in [-0.39, 0.29) is 17.6 Å². The lowest BCUT2D eigenvalue weighted by atomic mass is 9.96. The third-order valence-electron chi connectivity index (χ3n) is 4.56. The molecule has 1 aliphatic rings. The number of carbonyl (C=O) groups is 1. The third-order valence-corrected chi connectivity index (χ3v) is 5.09. The first-order valence-electron chi connectivity index (χ1n) is 8.66. The van der Waals surface area contributed by atoms with Crippen molar-refractivity contribution in [1.29, 1.82) is 0 Å². The highest BCUT2D eigenvalue weighted by Gasteiger charge is 2.24. The Balaban J connectivity index is 1.44. The molecule has 2 aromatic carbocycles. The summed E-state index contributed by atoms with van der Waals surface area (Å²) in [6.07, 6.45) is 2.95. The maximum atomic E-state index is 13.5. The van der Waals surface area contributed by atoms with Crippen LogP contribution in [0.25, 0.3) is 0 Å². The number of nitrogens with one attached hydrogen (secondary N) is 1. The van der Waals surface area contributed by atoms with Gasteiger partial charge in [0.15, 0.2) is 0 Å². The number of benzene rings is 2. The first-order valence-corrected chi connectivity index (χ1v) is 9.45. The zero-order chi connectivity index (χ0) is 18.4. The summed E-state index contributed by atoms with van der Waals surface area (Å²) in [6, 6.07) is 14.6. The largest absolute Gasteiger partial charge is 0.299 e. The number of piperidine rings is 1. The Kier molecular flexibility index (Phi) is 6.52. The zero-order valence-corrected chi connectivity index (χ0v) is 16.0. The molecule has 4 nitrogen and oxygen atoms in total. The molecule has 1 fully saturated rings. The van der Waals surface area contributed by atoms with E-state index >= 15 is 0 Å². The summed E-state index contributed by atoms with van der Waals surface area (Å²) in [5.41, 5.74) is 4.17. The topological polar surface area (TPSA) is 44.7 Å². The van der Waals surface area contributed by atoms with Crippen LogP contribution in [0.2, 0.25) is 0 Å². The predicted octanol–water partition coefficient (Wildman–Crippen LogP) is 3.95. The summed E-state index contributed by atoms with van der Waals surface area (Å²) in [5.74, 6) is -0.499. The number of hydrogen-bond acceptors (Lipinski definition) is 3. The molecule has 1 amide bonds. The van der Waals surface area contributed by atoms with Crippen molar-refractivity contribution in [3.63, 3.8) is 0 Å². The number of halogens is 2. The standard InChI is InChI=1S/C20H21BrFN3O/c21-18-7-5-15(6-8-18)14-25-11-9-16(10-12-25)20(26)24-23-13-17-3-1-2-4-19(17)22/h1-8,13,16H,9-12,14H2,(H,24,26)/b23-13-. The van der Waals surface area contributed by atoms with Gasteiger partial charge in [0.05, 0.1) is 6.21 Å². The first kappa shape index (κ1) is 18.7. The molecule has 0 unspecified atom stereocenters. The van der Waals surface area contributed by atoms with Crippen molar-refractivity contribution in [3.05, 3.63) is 69.9 Å². The molecule has 136 valence electrons. The molecule has 0 radical (unpaired) electrons. The van der Waals surface area contributed by atoms with E-state index in [2.05, 4.69) is 43.5 Å².